The van der Waals surface area contributed by atoms with Gasteiger partial charge in [0, 0.05) is 19.3 Å². The molecule has 1 amide bonds. The van der Waals surface area contributed by atoms with Gasteiger partial charge < -0.3 is 10.0 Å². The summed E-state index contributed by atoms with van der Waals surface area (Å²) in [6, 6.07) is 1.95. The van der Waals surface area contributed by atoms with Crippen molar-refractivity contribution in [1.82, 2.24) is 9.88 Å². The zero-order valence-corrected chi connectivity index (χ0v) is 11.7. The quantitative estimate of drug-likeness (QED) is 0.867. The number of carbonyl (C=O) groups excluding carboxylic acids is 1. The van der Waals surface area contributed by atoms with Crippen LogP contribution >= 0.6 is 0 Å². The van der Waals surface area contributed by atoms with Crippen molar-refractivity contribution in [2.75, 3.05) is 13.1 Å². The Kier molecular flexibility index (Phi) is 4.22. The average molecular weight is 302 g/mol. The van der Waals surface area contributed by atoms with Gasteiger partial charge in [0.05, 0.1) is 11.2 Å². The minimum absolute atomic E-state index is 0.00968. The third kappa shape index (κ3) is 3.93. The number of likely N-dealkylation sites (tertiary alicyclic amines) is 1. The second-order valence-electron chi connectivity index (χ2n) is 5.57. The van der Waals surface area contributed by atoms with Crippen LogP contribution in [0.2, 0.25) is 0 Å². The molecule has 116 valence electrons. The fourth-order valence-corrected chi connectivity index (χ4v) is 2.32. The zero-order valence-electron chi connectivity index (χ0n) is 11.7. The van der Waals surface area contributed by atoms with E-state index in [1.807, 2.05) is 0 Å². The molecule has 0 saturated carbocycles. The van der Waals surface area contributed by atoms with E-state index in [0.717, 1.165) is 12.1 Å². The Morgan fingerprint density at radius 3 is 2.62 bits per heavy atom. The van der Waals surface area contributed by atoms with Crippen LogP contribution in [0.1, 0.15) is 42.2 Å². The molecule has 4 nitrogen and oxygen atoms in total. The molecule has 1 aliphatic heterocycles. The van der Waals surface area contributed by atoms with Crippen LogP contribution in [-0.4, -0.2) is 39.6 Å². The third-order valence-electron chi connectivity index (χ3n) is 3.66. The van der Waals surface area contributed by atoms with Crippen LogP contribution in [0.3, 0.4) is 0 Å². The summed E-state index contributed by atoms with van der Waals surface area (Å²) in [6.07, 6.45) is -2.10. The predicted molar refractivity (Wildman–Crippen MR) is 69.6 cm³/mol. The number of aliphatic hydroxyl groups is 1. The molecule has 1 saturated heterocycles. The minimum atomic E-state index is -4.46. The lowest BCUT2D eigenvalue weighted by atomic mass is 9.98. The first-order valence-corrected chi connectivity index (χ1v) is 6.74. The van der Waals surface area contributed by atoms with E-state index in [1.54, 1.807) is 6.92 Å². The summed E-state index contributed by atoms with van der Waals surface area (Å²) in [4.78, 5) is 17.4. The van der Waals surface area contributed by atoms with Gasteiger partial charge in [0.15, 0.2) is 0 Å². The van der Waals surface area contributed by atoms with Crippen LogP contribution in [-0.2, 0) is 6.18 Å². The van der Waals surface area contributed by atoms with Crippen LogP contribution in [0.25, 0.3) is 0 Å². The van der Waals surface area contributed by atoms with E-state index in [-0.39, 0.29) is 5.69 Å². The SMILES string of the molecule is CC1(O)CCCN(C(=O)c2ccc(C(F)(F)F)cn2)CC1. The van der Waals surface area contributed by atoms with Gasteiger partial charge in [-0.2, -0.15) is 13.2 Å². The Bertz CT molecular complexity index is 512. The summed E-state index contributed by atoms with van der Waals surface area (Å²) < 4.78 is 37.4. The van der Waals surface area contributed by atoms with E-state index in [4.69, 9.17) is 0 Å². The van der Waals surface area contributed by atoms with Gasteiger partial charge in [-0.05, 0) is 38.3 Å². The maximum absolute atomic E-state index is 12.5. The summed E-state index contributed by atoms with van der Waals surface area (Å²) in [5.41, 5.74) is -1.69. The van der Waals surface area contributed by atoms with Crippen LogP contribution in [0.4, 0.5) is 13.2 Å². The maximum Gasteiger partial charge on any atom is 0.417 e. The number of rotatable bonds is 1. The number of hydrogen-bond donors (Lipinski definition) is 1. The lowest BCUT2D eigenvalue weighted by molar-refractivity contribution is -0.137. The Labute approximate surface area is 120 Å². The van der Waals surface area contributed by atoms with Crippen molar-refractivity contribution in [2.24, 2.45) is 0 Å². The highest BCUT2D eigenvalue weighted by atomic mass is 19.4. The lowest BCUT2D eigenvalue weighted by Crippen LogP contribution is -2.34. The fourth-order valence-electron chi connectivity index (χ4n) is 2.32. The van der Waals surface area contributed by atoms with Crippen molar-refractivity contribution in [2.45, 2.75) is 38.0 Å². The highest BCUT2D eigenvalue weighted by Crippen LogP contribution is 2.28. The summed E-state index contributed by atoms with van der Waals surface area (Å²) in [7, 11) is 0. The molecule has 1 unspecified atom stereocenters. The molecule has 0 spiro atoms. The number of nitrogens with zero attached hydrogens (tertiary/aromatic N) is 2. The fraction of sp³-hybridized carbons (Fsp3) is 0.571. The van der Waals surface area contributed by atoms with Crippen molar-refractivity contribution in [3.05, 3.63) is 29.6 Å². The summed E-state index contributed by atoms with van der Waals surface area (Å²) in [5, 5.41) is 9.97. The molecular weight excluding hydrogens is 285 g/mol. The van der Waals surface area contributed by atoms with Crippen molar-refractivity contribution in [3.63, 3.8) is 0 Å². The van der Waals surface area contributed by atoms with Crippen LogP contribution < -0.4 is 0 Å². The van der Waals surface area contributed by atoms with Crippen molar-refractivity contribution in [3.8, 4) is 0 Å². The van der Waals surface area contributed by atoms with E-state index >= 15 is 0 Å². The molecule has 1 atom stereocenters. The number of aromatic nitrogens is 1. The Morgan fingerprint density at radius 1 is 1.33 bits per heavy atom. The Hall–Kier alpha value is -1.63. The first kappa shape index (κ1) is 15.8. The van der Waals surface area contributed by atoms with Crippen molar-refractivity contribution < 1.29 is 23.1 Å². The Balaban J connectivity index is 2.09. The number of pyridine rings is 1. The number of hydrogen-bond acceptors (Lipinski definition) is 3. The van der Waals surface area contributed by atoms with Gasteiger partial charge in [0.2, 0.25) is 0 Å². The van der Waals surface area contributed by atoms with E-state index in [0.29, 0.717) is 38.5 Å². The molecule has 0 bridgehead atoms. The number of amides is 1. The summed E-state index contributed by atoms with van der Waals surface area (Å²) in [6.45, 7) is 2.56. The van der Waals surface area contributed by atoms with Gasteiger partial charge in [-0.3, -0.25) is 9.78 Å². The molecule has 1 aliphatic rings. The molecule has 1 N–H and O–H groups in total. The Morgan fingerprint density at radius 2 is 2.05 bits per heavy atom. The molecule has 1 aromatic heterocycles. The highest BCUT2D eigenvalue weighted by Gasteiger charge is 2.32. The molecule has 2 heterocycles. The second kappa shape index (κ2) is 5.63. The van der Waals surface area contributed by atoms with Gasteiger partial charge in [-0.25, -0.2) is 0 Å². The molecule has 0 aliphatic carbocycles. The zero-order chi connectivity index (χ0) is 15.7. The first-order valence-electron chi connectivity index (χ1n) is 6.74. The van der Waals surface area contributed by atoms with Gasteiger partial charge in [-0.1, -0.05) is 0 Å². The molecule has 0 aromatic carbocycles. The first-order chi connectivity index (χ1) is 9.69. The molecule has 0 radical (unpaired) electrons. The van der Waals surface area contributed by atoms with E-state index in [2.05, 4.69) is 4.98 Å². The van der Waals surface area contributed by atoms with E-state index in [9.17, 15) is 23.1 Å². The summed E-state index contributed by atoms with van der Waals surface area (Å²) in [5.74, 6) is -0.401. The van der Waals surface area contributed by atoms with Gasteiger partial charge >= 0.3 is 6.18 Å². The second-order valence-corrected chi connectivity index (χ2v) is 5.57. The molecule has 1 aromatic rings. The highest BCUT2D eigenvalue weighted by molar-refractivity contribution is 5.92. The number of carbonyl (C=O) groups is 1. The minimum Gasteiger partial charge on any atom is -0.390 e. The molecular formula is C14H17F3N2O2. The normalized spacial score (nSPS) is 23.8. The molecule has 1 fully saturated rings. The monoisotopic (exact) mass is 302 g/mol. The standard InChI is InChI=1S/C14H17F3N2O2/c1-13(21)5-2-7-19(8-6-13)12(20)11-4-3-10(9-18-11)14(15,16)17/h3-4,9,21H,2,5-8H2,1H3. The van der Waals surface area contributed by atoms with Gasteiger partial charge in [0.25, 0.3) is 5.91 Å². The van der Waals surface area contributed by atoms with Crippen LogP contribution in [0.15, 0.2) is 18.3 Å². The third-order valence-corrected chi connectivity index (χ3v) is 3.66. The average Bonchev–Trinajstić information content (AvgIpc) is 2.58. The topological polar surface area (TPSA) is 53.4 Å². The van der Waals surface area contributed by atoms with Crippen molar-refractivity contribution >= 4 is 5.91 Å². The van der Waals surface area contributed by atoms with E-state index in [1.165, 1.54) is 4.90 Å². The maximum atomic E-state index is 12.5. The molecule has 21 heavy (non-hydrogen) atoms. The van der Waals surface area contributed by atoms with Gasteiger partial charge in [0.1, 0.15) is 5.69 Å². The smallest absolute Gasteiger partial charge is 0.390 e. The van der Waals surface area contributed by atoms with Crippen LogP contribution in [0, 0.1) is 0 Å². The summed E-state index contributed by atoms with van der Waals surface area (Å²) >= 11 is 0. The van der Waals surface area contributed by atoms with E-state index < -0.39 is 23.2 Å². The number of halogens is 3. The largest absolute Gasteiger partial charge is 0.417 e. The van der Waals surface area contributed by atoms with Gasteiger partial charge in [-0.15, -0.1) is 0 Å². The van der Waals surface area contributed by atoms with Crippen LogP contribution in [0.5, 0.6) is 0 Å². The molecule has 7 heteroatoms. The lowest BCUT2D eigenvalue weighted by Gasteiger charge is -2.22. The predicted octanol–water partition coefficient (Wildman–Crippen LogP) is 2.48. The van der Waals surface area contributed by atoms with Crippen molar-refractivity contribution in [1.29, 1.82) is 0 Å². The molecule has 2 rings (SSSR count). The number of alkyl halides is 3.